The zero-order chi connectivity index (χ0) is 20.0. The van der Waals surface area contributed by atoms with E-state index in [0.29, 0.717) is 10.2 Å². The number of nitro groups is 1. The first-order valence-corrected chi connectivity index (χ1v) is 8.77. The number of carbonyl (C=O) groups is 1. The summed E-state index contributed by atoms with van der Waals surface area (Å²) in [6.07, 6.45) is 0. The summed E-state index contributed by atoms with van der Waals surface area (Å²) in [6.45, 7) is 1.12. The second-order valence-electron chi connectivity index (χ2n) is 5.84. The van der Waals surface area contributed by atoms with Crippen LogP contribution in [0.2, 0.25) is 0 Å². The van der Waals surface area contributed by atoms with E-state index < -0.39 is 28.7 Å². The molecule has 0 radical (unpaired) electrons. The first-order valence-electron chi connectivity index (χ1n) is 7.89. The quantitative estimate of drug-likeness (QED) is 0.402. The van der Waals surface area contributed by atoms with Crippen molar-refractivity contribution >= 4 is 44.2 Å². The number of nitrogens with zero attached hydrogens (tertiary/aromatic N) is 4. The number of fused-ring (bicyclic) bond motifs is 2. The summed E-state index contributed by atoms with van der Waals surface area (Å²) in [5.74, 6) is -1.22. The van der Waals surface area contributed by atoms with E-state index in [2.05, 4.69) is 10.4 Å². The zero-order valence-corrected chi connectivity index (χ0v) is 15.1. The molecule has 0 aliphatic rings. The molecule has 3 aromatic heterocycles. The van der Waals surface area contributed by atoms with Crippen molar-refractivity contribution in [2.75, 3.05) is 5.43 Å². The van der Waals surface area contributed by atoms with E-state index in [0.717, 1.165) is 15.3 Å². The molecule has 0 aliphatic carbocycles. The van der Waals surface area contributed by atoms with Gasteiger partial charge in [0.25, 0.3) is 17.2 Å². The molecule has 0 saturated heterocycles. The lowest BCUT2D eigenvalue weighted by Crippen LogP contribution is -2.37. The lowest BCUT2D eigenvalue weighted by molar-refractivity contribution is -0.384. The fraction of sp³-hybridized carbons (Fsp3) is 0.125. The SMILES string of the molecule is Cc1nc2sccc2c(=O)n1NC(=O)Cn1c(=O)oc2cc([N+](=O)[O-])ccc21. The monoisotopic (exact) mass is 401 g/mol. The molecule has 0 fully saturated rings. The molecule has 4 aromatic rings. The Balaban J connectivity index is 1.66. The van der Waals surface area contributed by atoms with Crippen LogP contribution in [0.3, 0.4) is 0 Å². The largest absolute Gasteiger partial charge is 0.420 e. The molecule has 0 saturated carbocycles. The van der Waals surface area contributed by atoms with Crippen molar-refractivity contribution in [2.24, 2.45) is 0 Å². The van der Waals surface area contributed by atoms with Crippen LogP contribution in [-0.4, -0.2) is 25.1 Å². The Hall–Kier alpha value is -3.80. The normalized spacial score (nSPS) is 11.2. The maximum absolute atomic E-state index is 12.5. The number of thiophene rings is 1. The second kappa shape index (κ2) is 6.42. The Morgan fingerprint density at radius 1 is 1.36 bits per heavy atom. The van der Waals surface area contributed by atoms with Crippen LogP contribution in [0, 0.1) is 17.0 Å². The molecule has 4 rings (SSSR count). The van der Waals surface area contributed by atoms with Gasteiger partial charge in [-0.05, 0) is 24.4 Å². The summed E-state index contributed by atoms with van der Waals surface area (Å²) in [6, 6.07) is 5.24. The molecule has 28 heavy (non-hydrogen) atoms. The van der Waals surface area contributed by atoms with E-state index in [1.54, 1.807) is 18.4 Å². The molecule has 1 N–H and O–H groups in total. The van der Waals surface area contributed by atoms with Gasteiger partial charge in [0, 0.05) is 6.07 Å². The van der Waals surface area contributed by atoms with Gasteiger partial charge in [-0.1, -0.05) is 0 Å². The number of amides is 1. The number of nitro benzene ring substituents is 1. The minimum atomic E-state index is -0.846. The Morgan fingerprint density at radius 3 is 2.89 bits per heavy atom. The number of aromatic nitrogens is 3. The van der Waals surface area contributed by atoms with Gasteiger partial charge in [0.15, 0.2) is 5.58 Å². The first kappa shape index (κ1) is 17.6. The van der Waals surface area contributed by atoms with Crippen LogP contribution in [0.4, 0.5) is 5.69 Å². The van der Waals surface area contributed by atoms with Gasteiger partial charge in [-0.2, -0.15) is 0 Å². The molecule has 3 heterocycles. The van der Waals surface area contributed by atoms with Crippen LogP contribution in [0.5, 0.6) is 0 Å². The molecule has 0 aliphatic heterocycles. The van der Waals surface area contributed by atoms with Crippen LogP contribution in [0.15, 0.2) is 43.7 Å². The highest BCUT2D eigenvalue weighted by atomic mass is 32.1. The molecule has 0 atom stereocenters. The van der Waals surface area contributed by atoms with Crippen molar-refractivity contribution in [1.29, 1.82) is 0 Å². The topological polar surface area (TPSA) is 142 Å². The van der Waals surface area contributed by atoms with Crippen LogP contribution in [0.25, 0.3) is 21.3 Å². The summed E-state index contributed by atoms with van der Waals surface area (Å²) < 4.78 is 7.01. The van der Waals surface area contributed by atoms with Crippen LogP contribution in [-0.2, 0) is 11.3 Å². The molecule has 1 aromatic carbocycles. The summed E-state index contributed by atoms with van der Waals surface area (Å²) in [5.41, 5.74) is 1.96. The number of aryl methyl sites for hydroxylation is 1. The summed E-state index contributed by atoms with van der Waals surface area (Å²) in [4.78, 5) is 52.0. The predicted octanol–water partition coefficient (Wildman–Crippen LogP) is 1.35. The van der Waals surface area contributed by atoms with Crippen molar-refractivity contribution < 1.29 is 14.1 Å². The average molecular weight is 401 g/mol. The highest BCUT2D eigenvalue weighted by Gasteiger charge is 2.17. The maximum atomic E-state index is 12.5. The van der Waals surface area contributed by atoms with Gasteiger partial charge in [0.2, 0.25) is 0 Å². The van der Waals surface area contributed by atoms with Crippen molar-refractivity contribution in [2.45, 2.75) is 13.5 Å². The van der Waals surface area contributed by atoms with Crippen molar-refractivity contribution in [3.63, 3.8) is 0 Å². The third-order valence-corrected chi connectivity index (χ3v) is 4.87. The van der Waals surface area contributed by atoms with Crippen molar-refractivity contribution in [3.05, 3.63) is 66.5 Å². The molecular formula is C16H11N5O6S. The number of benzene rings is 1. The van der Waals surface area contributed by atoms with E-state index in [-0.39, 0.29) is 22.6 Å². The van der Waals surface area contributed by atoms with E-state index in [1.807, 2.05) is 0 Å². The number of rotatable bonds is 4. The summed E-state index contributed by atoms with van der Waals surface area (Å²) in [5, 5.41) is 12.9. The van der Waals surface area contributed by atoms with Gasteiger partial charge in [-0.15, -0.1) is 11.3 Å². The number of non-ortho nitro benzene ring substituents is 1. The van der Waals surface area contributed by atoms with E-state index >= 15 is 0 Å². The number of hydrogen-bond acceptors (Lipinski definition) is 8. The lowest BCUT2D eigenvalue weighted by Gasteiger charge is -2.11. The van der Waals surface area contributed by atoms with Gasteiger partial charge in [0.05, 0.1) is 21.9 Å². The molecule has 11 nitrogen and oxygen atoms in total. The predicted molar refractivity (Wildman–Crippen MR) is 100 cm³/mol. The third kappa shape index (κ3) is 2.85. The fourth-order valence-electron chi connectivity index (χ4n) is 2.77. The van der Waals surface area contributed by atoms with Crippen LogP contribution in [0.1, 0.15) is 5.82 Å². The van der Waals surface area contributed by atoms with Gasteiger partial charge in [-0.3, -0.25) is 29.7 Å². The van der Waals surface area contributed by atoms with E-state index in [9.17, 15) is 24.5 Å². The molecule has 1 amide bonds. The Bertz CT molecular complexity index is 1380. The zero-order valence-electron chi connectivity index (χ0n) is 14.2. The minimum absolute atomic E-state index is 0.0123. The van der Waals surface area contributed by atoms with Gasteiger partial charge in [-0.25, -0.2) is 14.5 Å². The lowest BCUT2D eigenvalue weighted by atomic mass is 10.3. The second-order valence-corrected chi connectivity index (χ2v) is 6.73. The molecule has 0 spiro atoms. The molecule has 142 valence electrons. The molecular weight excluding hydrogens is 390 g/mol. The Morgan fingerprint density at radius 2 is 2.14 bits per heavy atom. The Kier molecular flexibility index (Phi) is 4.04. The van der Waals surface area contributed by atoms with Crippen molar-refractivity contribution in [3.8, 4) is 0 Å². The summed E-state index contributed by atoms with van der Waals surface area (Å²) in [7, 11) is 0. The van der Waals surface area contributed by atoms with Gasteiger partial charge < -0.3 is 4.42 Å². The van der Waals surface area contributed by atoms with E-state index in [1.165, 1.54) is 23.5 Å². The average Bonchev–Trinajstić information content (AvgIpc) is 3.22. The number of nitrogens with one attached hydrogen (secondary N) is 1. The van der Waals surface area contributed by atoms with Crippen molar-refractivity contribution in [1.82, 2.24) is 14.2 Å². The standard InChI is InChI=1S/C16H11N5O6S/c1-8-17-14-10(4-5-28-14)15(23)20(8)18-13(22)7-19-11-3-2-9(21(25)26)6-12(11)27-16(19)24/h2-6H,7H2,1H3,(H,18,22). The maximum Gasteiger partial charge on any atom is 0.420 e. The van der Waals surface area contributed by atoms with Crippen LogP contribution >= 0.6 is 11.3 Å². The number of oxazole rings is 1. The Labute approximate surface area is 158 Å². The fourth-order valence-corrected chi connectivity index (χ4v) is 3.57. The highest BCUT2D eigenvalue weighted by Crippen LogP contribution is 2.20. The van der Waals surface area contributed by atoms with Gasteiger partial charge in [0.1, 0.15) is 17.2 Å². The molecule has 0 bridgehead atoms. The van der Waals surface area contributed by atoms with E-state index in [4.69, 9.17) is 4.42 Å². The summed E-state index contributed by atoms with van der Waals surface area (Å²) >= 11 is 1.31. The van der Waals surface area contributed by atoms with Crippen LogP contribution < -0.4 is 16.7 Å². The van der Waals surface area contributed by atoms with Gasteiger partial charge >= 0.3 is 5.76 Å². The number of hydrogen-bond donors (Lipinski definition) is 1. The first-order chi connectivity index (χ1) is 13.3. The molecule has 12 heteroatoms. The minimum Gasteiger partial charge on any atom is -0.407 e. The smallest absolute Gasteiger partial charge is 0.407 e. The third-order valence-electron chi connectivity index (χ3n) is 4.07. The molecule has 0 unspecified atom stereocenters. The number of carbonyl (C=O) groups excluding carboxylic acids is 1. The highest BCUT2D eigenvalue weighted by molar-refractivity contribution is 7.16.